The van der Waals surface area contributed by atoms with Gasteiger partial charge in [0, 0.05) is 22.2 Å². The standard InChI is InChI=1S/C12H9ClN2O2/c1-2-9-4-3-5-11(13)10(9)8-17-12-6-7-15(16)14-12/h1,3-7,16H,8H2. The van der Waals surface area contributed by atoms with E-state index in [0.29, 0.717) is 21.3 Å². The lowest BCUT2D eigenvalue weighted by Crippen LogP contribution is -2.00. The third-order valence-corrected chi connectivity index (χ3v) is 2.54. The van der Waals surface area contributed by atoms with Gasteiger partial charge in [0.05, 0.1) is 6.20 Å². The second kappa shape index (κ2) is 4.81. The Hall–Kier alpha value is -2.12. The molecule has 0 fully saturated rings. The van der Waals surface area contributed by atoms with E-state index in [1.807, 2.05) is 0 Å². The molecule has 0 aliphatic carbocycles. The van der Waals surface area contributed by atoms with Gasteiger partial charge in [0.2, 0.25) is 5.88 Å². The molecule has 0 amide bonds. The molecule has 0 unspecified atom stereocenters. The minimum atomic E-state index is 0.205. The van der Waals surface area contributed by atoms with Crippen molar-refractivity contribution in [3.05, 3.63) is 46.6 Å². The fourth-order valence-electron chi connectivity index (χ4n) is 1.36. The monoisotopic (exact) mass is 248 g/mol. The van der Waals surface area contributed by atoms with Crippen molar-refractivity contribution in [2.75, 3.05) is 0 Å². The largest absolute Gasteiger partial charge is 0.472 e. The van der Waals surface area contributed by atoms with E-state index in [0.717, 1.165) is 5.56 Å². The van der Waals surface area contributed by atoms with Gasteiger partial charge in [0.15, 0.2) is 0 Å². The minimum Gasteiger partial charge on any atom is -0.472 e. The molecule has 2 aromatic rings. The summed E-state index contributed by atoms with van der Waals surface area (Å²) in [4.78, 5) is 0.671. The summed E-state index contributed by atoms with van der Waals surface area (Å²) in [6, 6.07) is 6.84. The summed E-state index contributed by atoms with van der Waals surface area (Å²) >= 11 is 6.03. The maximum Gasteiger partial charge on any atom is 0.236 e. The van der Waals surface area contributed by atoms with Crippen LogP contribution in [0, 0.1) is 12.3 Å². The van der Waals surface area contributed by atoms with E-state index >= 15 is 0 Å². The van der Waals surface area contributed by atoms with Crippen molar-refractivity contribution in [2.24, 2.45) is 0 Å². The maximum absolute atomic E-state index is 8.97. The molecule has 86 valence electrons. The van der Waals surface area contributed by atoms with Crippen molar-refractivity contribution in [2.45, 2.75) is 6.61 Å². The number of ether oxygens (including phenoxy) is 1. The Labute approximate surface area is 103 Å². The summed E-state index contributed by atoms with van der Waals surface area (Å²) < 4.78 is 5.36. The van der Waals surface area contributed by atoms with Crippen molar-refractivity contribution in [3.8, 4) is 18.2 Å². The average molecular weight is 249 g/mol. The zero-order chi connectivity index (χ0) is 12.3. The number of hydrogen-bond donors (Lipinski definition) is 1. The SMILES string of the molecule is C#Cc1cccc(Cl)c1COc1ccn(O)n1. The second-order valence-electron chi connectivity index (χ2n) is 3.27. The van der Waals surface area contributed by atoms with Gasteiger partial charge in [-0.25, -0.2) is 0 Å². The highest BCUT2D eigenvalue weighted by molar-refractivity contribution is 6.31. The van der Waals surface area contributed by atoms with E-state index in [1.54, 1.807) is 18.2 Å². The first-order valence-corrected chi connectivity index (χ1v) is 5.20. The first-order valence-electron chi connectivity index (χ1n) is 4.82. The molecule has 1 heterocycles. The first-order chi connectivity index (χ1) is 8.20. The maximum atomic E-state index is 8.97. The number of hydrogen-bond acceptors (Lipinski definition) is 3. The lowest BCUT2D eigenvalue weighted by atomic mass is 10.1. The molecule has 1 N–H and O–H groups in total. The van der Waals surface area contributed by atoms with Crippen molar-refractivity contribution in [3.63, 3.8) is 0 Å². The molecule has 1 aromatic heterocycles. The van der Waals surface area contributed by atoms with E-state index in [2.05, 4.69) is 11.0 Å². The molecule has 0 saturated carbocycles. The van der Waals surface area contributed by atoms with E-state index in [4.69, 9.17) is 28.0 Å². The fraction of sp³-hybridized carbons (Fsp3) is 0.0833. The molecule has 4 nitrogen and oxygen atoms in total. The van der Waals surface area contributed by atoms with Crippen molar-refractivity contribution >= 4 is 11.6 Å². The summed E-state index contributed by atoms with van der Waals surface area (Å²) in [5, 5.41) is 13.2. The molecular formula is C12H9ClN2O2. The number of benzene rings is 1. The molecule has 5 heteroatoms. The summed E-state index contributed by atoms with van der Waals surface area (Å²) in [6.07, 6.45) is 6.73. The Kier molecular flexibility index (Phi) is 3.22. The van der Waals surface area contributed by atoms with Gasteiger partial charge >= 0.3 is 0 Å². The Morgan fingerprint density at radius 1 is 1.47 bits per heavy atom. The quantitative estimate of drug-likeness (QED) is 0.670. The fourth-order valence-corrected chi connectivity index (χ4v) is 1.59. The third-order valence-electron chi connectivity index (χ3n) is 2.19. The lowest BCUT2D eigenvalue weighted by molar-refractivity contribution is 0.141. The smallest absolute Gasteiger partial charge is 0.236 e. The molecule has 0 bridgehead atoms. The van der Waals surface area contributed by atoms with Crippen molar-refractivity contribution < 1.29 is 9.94 Å². The van der Waals surface area contributed by atoms with Crippen LogP contribution in [0.15, 0.2) is 30.5 Å². The highest BCUT2D eigenvalue weighted by Gasteiger charge is 2.07. The molecule has 2 rings (SSSR count). The van der Waals surface area contributed by atoms with Gasteiger partial charge in [-0.15, -0.1) is 11.3 Å². The average Bonchev–Trinajstić information content (AvgIpc) is 2.73. The van der Waals surface area contributed by atoms with Crippen molar-refractivity contribution in [1.82, 2.24) is 9.94 Å². The van der Waals surface area contributed by atoms with Crippen LogP contribution in [-0.4, -0.2) is 15.2 Å². The number of halogens is 1. The summed E-state index contributed by atoms with van der Waals surface area (Å²) in [5.74, 6) is 2.84. The lowest BCUT2D eigenvalue weighted by Gasteiger charge is -2.07. The number of aromatic nitrogens is 2. The van der Waals surface area contributed by atoms with Crippen LogP contribution < -0.4 is 4.74 Å². The Morgan fingerprint density at radius 2 is 2.29 bits per heavy atom. The topological polar surface area (TPSA) is 47.3 Å². The minimum absolute atomic E-state index is 0.205. The second-order valence-corrected chi connectivity index (χ2v) is 3.68. The van der Waals surface area contributed by atoms with Crippen LogP contribution >= 0.6 is 11.6 Å². The van der Waals surface area contributed by atoms with Gasteiger partial charge in [0.25, 0.3) is 0 Å². The highest BCUT2D eigenvalue weighted by atomic mass is 35.5. The molecule has 17 heavy (non-hydrogen) atoms. The molecule has 0 spiro atoms. The van der Waals surface area contributed by atoms with E-state index in [-0.39, 0.29) is 6.61 Å². The van der Waals surface area contributed by atoms with Crippen LogP contribution in [0.5, 0.6) is 5.88 Å². The summed E-state index contributed by atoms with van der Waals surface area (Å²) in [7, 11) is 0. The number of rotatable bonds is 3. The van der Waals surface area contributed by atoms with E-state index in [1.165, 1.54) is 12.3 Å². The van der Waals surface area contributed by atoms with E-state index in [9.17, 15) is 0 Å². The molecule has 0 atom stereocenters. The molecule has 0 aliphatic rings. The number of nitrogens with zero attached hydrogens (tertiary/aromatic N) is 2. The predicted octanol–water partition coefficient (Wildman–Crippen LogP) is 2.33. The first kappa shape index (κ1) is 11.4. The Bertz CT molecular complexity index is 572. The van der Waals surface area contributed by atoms with E-state index < -0.39 is 0 Å². The Morgan fingerprint density at radius 3 is 2.94 bits per heavy atom. The van der Waals surface area contributed by atoms with Gasteiger partial charge < -0.3 is 9.94 Å². The highest BCUT2D eigenvalue weighted by Crippen LogP contribution is 2.21. The molecule has 1 aromatic carbocycles. The molecular weight excluding hydrogens is 240 g/mol. The van der Waals surface area contributed by atoms with Crippen LogP contribution in [0.4, 0.5) is 0 Å². The van der Waals surface area contributed by atoms with Crippen LogP contribution in [0.3, 0.4) is 0 Å². The predicted molar refractivity (Wildman–Crippen MR) is 63.1 cm³/mol. The van der Waals surface area contributed by atoms with Gasteiger partial charge in [-0.1, -0.05) is 28.7 Å². The van der Waals surface area contributed by atoms with Crippen LogP contribution in [0.2, 0.25) is 5.02 Å². The normalized spacial score (nSPS) is 9.88. The number of terminal acetylenes is 1. The van der Waals surface area contributed by atoms with Crippen molar-refractivity contribution in [1.29, 1.82) is 0 Å². The van der Waals surface area contributed by atoms with Gasteiger partial charge in [-0.05, 0) is 12.1 Å². The van der Waals surface area contributed by atoms with Crippen LogP contribution in [0.1, 0.15) is 11.1 Å². The van der Waals surface area contributed by atoms with Crippen LogP contribution in [-0.2, 0) is 6.61 Å². The van der Waals surface area contributed by atoms with Crippen LogP contribution in [0.25, 0.3) is 0 Å². The summed E-state index contributed by atoms with van der Waals surface area (Å²) in [5.41, 5.74) is 1.41. The zero-order valence-electron chi connectivity index (χ0n) is 8.80. The zero-order valence-corrected chi connectivity index (χ0v) is 9.55. The molecule has 0 radical (unpaired) electrons. The third kappa shape index (κ3) is 2.52. The summed E-state index contributed by atoms with van der Waals surface area (Å²) in [6.45, 7) is 0.205. The van der Waals surface area contributed by atoms with Gasteiger partial charge in [0.1, 0.15) is 6.61 Å². The molecule has 0 aliphatic heterocycles. The van der Waals surface area contributed by atoms with Gasteiger partial charge in [-0.2, -0.15) is 0 Å². The Balaban J connectivity index is 2.17. The molecule has 0 saturated heterocycles. The van der Waals surface area contributed by atoms with Gasteiger partial charge in [-0.3, -0.25) is 0 Å².